The predicted molar refractivity (Wildman–Crippen MR) is 260 cm³/mol. The van der Waals surface area contributed by atoms with Gasteiger partial charge in [0.1, 0.15) is 54.6 Å². The number of carbonyl (C=O) groups is 1. The Hall–Kier alpha value is -1.36. The molecular formula is C52H92O12S. The molecular weight excluding hydrogens is 849 g/mol. The summed E-state index contributed by atoms with van der Waals surface area (Å²) in [5.74, 6) is 1.17. The normalized spacial score (nSPS) is 25.8. The van der Waals surface area contributed by atoms with Crippen molar-refractivity contribution in [3.8, 4) is 5.75 Å². The van der Waals surface area contributed by atoms with Gasteiger partial charge < -0.3 is 52.1 Å². The molecule has 65 heavy (non-hydrogen) atoms. The van der Waals surface area contributed by atoms with Gasteiger partial charge in [0, 0.05) is 56.9 Å². The maximum absolute atomic E-state index is 11.9. The van der Waals surface area contributed by atoms with Crippen molar-refractivity contribution < 1.29 is 56.9 Å². The molecule has 2 fully saturated rings. The lowest BCUT2D eigenvalue weighted by molar-refractivity contribution is -0.358. The van der Waals surface area contributed by atoms with E-state index in [2.05, 4.69) is 55.4 Å². The summed E-state index contributed by atoms with van der Waals surface area (Å²) in [6, 6.07) is 5.78. The van der Waals surface area contributed by atoms with Crippen LogP contribution in [-0.2, 0) is 47.4 Å². The Kier molecular flexibility index (Phi) is 32.6. The minimum atomic E-state index is -0.849. The van der Waals surface area contributed by atoms with Crippen LogP contribution in [0, 0.1) is 0 Å². The Morgan fingerprint density at radius 2 is 0.923 bits per heavy atom. The number of benzene rings is 1. The van der Waals surface area contributed by atoms with Gasteiger partial charge >= 0.3 is 0 Å². The molecule has 2 aliphatic heterocycles. The summed E-state index contributed by atoms with van der Waals surface area (Å²) in [4.78, 5) is 12.9. The van der Waals surface area contributed by atoms with E-state index in [1.54, 1.807) is 11.8 Å². The first-order valence-electron chi connectivity index (χ1n) is 26.0. The summed E-state index contributed by atoms with van der Waals surface area (Å²) in [5, 5.41) is 0. The molecule has 13 heteroatoms. The van der Waals surface area contributed by atoms with Crippen molar-refractivity contribution >= 4 is 18.0 Å². The van der Waals surface area contributed by atoms with E-state index in [9.17, 15) is 4.79 Å². The summed E-state index contributed by atoms with van der Waals surface area (Å²) < 4.78 is 74.6. The third-order valence-electron chi connectivity index (χ3n) is 11.8. The lowest BCUT2D eigenvalue weighted by Crippen LogP contribution is -2.66. The van der Waals surface area contributed by atoms with Crippen LogP contribution in [0.1, 0.15) is 168 Å². The monoisotopic (exact) mass is 941 g/mol. The van der Waals surface area contributed by atoms with Crippen LogP contribution in [-0.4, -0.2) is 139 Å². The van der Waals surface area contributed by atoms with Crippen LogP contribution >= 0.6 is 11.8 Å². The van der Waals surface area contributed by atoms with Crippen molar-refractivity contribution in [3.05, 3.63) is 23.8 Å². The second kappa shape index (κ2) is 36.6. The molecule has 2 saturated heterocycles. The number of rotatable bonds is 40. The number of aldehydes is 1. The first kappa shape index (κ1) is 58.0. The summed E-state index contributed by atoms with van der Waals surface area (Å²) in [7, 11) is 0. The number of hydrogen-bond acceptors (Lipinski definition) is 13. The van der Waals surface area contributed by atoms with Gasteiger partial charge in [-0.3, -0.25) is 4.79 Å². The number of hydrogen-bond donors (Lipinski definition) is 0. The van der Waals surface area contributed by atoms with E-state index < -0.39 is 55.1 Å². The maximum Gasteiger partial charge on any atom is 0.187 e. The fourth-order valence-electron chi connectivity index (χ4n) is 7.70. The zero-order valence-corrected chi connectivity index (χ0v) is 42.8. The SMILES string of the molecule is CCCCOCC1O[C@@H](O[C@@H]2C(COCCCC)O[C@@H](CSc3ccc(C=O)c(OCCCC)c3)[C@@H](OCCCC)C2OCCCC)[C@@H](OCCCC)C(OCCCC)[C@@H]1OCCCC. The van der Waals surface area contributed by atoms with Crippen LogP contribution in [0.5, 0.6) is 5.75 Å². The molecule has 12 nitrogen and oxygen atoms in total. The van der Waals surface area contributed by atoms with Crippen LogP contribution in [0.2, 0.25) is 0 Å². The molecule has 0 spiro atoms. The first-order valence-corrected chi connectivity index (χ1v) is 27.0. The van der Waals surface area contributed by atoms with Crippen molar-refractivity contribution in [1.29, 1.82) is 0 Å². The van der Waals surface area contributed by atoms with E-state index >= 15 is 0 Å². The molecule has 1 aromatic rings. The zero-order valence-electron chi connectivity index (χ0n) is 42.0. The van der Waals surface area contributed by atoms with Crippen LogP contribution in [0.4, 0.5) is 0 Å². The molecule has 378 valence electrons. The fraction of sp³-hybridized carbons (Fsp3) is 0.865. The largest absolute Gasteiger partial charge is 0.493 e. The minimum Gasteiger partial charge on any atom is -0.493 e. The topological polar surface area (TPSA) is 119 Å². The van der Waals surface area contributed by atoms with Gasteiger partial charge in [0.15, 0.2) is 12.6 Å². The first-order chi connectivity index (χ1) is 31.9. The molecule has 0 aromatic heterocycles. The highest BCUT2D eigenvalue weighted by Crippen LogP contribution is 2.37. The molecule has 0 N–H and O–H groups in total. The molecule has 0 amide bonds. The second-order valence-corrected chi connectivity index (χ2v) is 18.6. The van der Waals surface area contributed by atoms with E-state index in [1.807, 2.05) is 18.2 Å². The summed E-state index contributed by atoms with van der Waals surface area (Å²) in [6.07, 6.45) is 10.9. The second-order valence-electron chi connectivity index (χ2n) is 17.5. The molecule has 2 heterocycles. The highest BCUT2D eigenvalue weighted by Gasteiger charge is 2.54. The molecule has 0 aliphatic carbocycles. The number of unbranched alkanes of at least 4 members (excludes halogenated alkanes) is 8. The quantitative estimate of drug-likeness (QED) is 0.0353. The summed E-state index contributed by atoms with van der Waals surface area (Å²) >= 11 is 1.66. The Bertz CT molecular complexity index is 1310. The van der Waals surface area contributed by atoms with Gasteiger partial charge in [0.05, 0.1) is 31.5 Å². The highest BCUT2D eigenvalue weighted by atomic mass is 32.2. The minimum absolute atomic E-state index is 0.307. The van der Waals surface area contributed by atoms with E-state index in [0.717, 1.165) is 114 Å². The predicted octanol–water partition coefficient (Wildman–Crippen LogP) is 11.2. The highest BCUT2D eigenvalue weighted by molar-refractivity contribution is 7.99. The van der Waals surface area contributed by atoms with Crippen LogP contribution in [0.25, 0.3) is 0 Å². The lowest BCUT2D eigenvalue weighted by Gasteiger charge is -2.50. The standard InChI is InChI=1S/C52H92O12S/c1-9-17-27-54-37-43-46(57-30-20-12-4)50(60-33-23-15-7)51(61-34-24-16-8)52(63-43)64-48-44(38-55-28-18-10-2)62-45(47(58-31-21-13-5)49(48)59-32-22-14-6)39-65-41-26-25-40(36-53)42(35-41)56-29-19-11-3/h25-26,35-36,43-52H,9-24,27-34,37-39H2,1-8H3/t43?,44?,45-,46+,47+,48+,49?,50?,51-,52-/m0/s1. The number of thioether (sulfide) groups is 1. The molecule has 4 unspecified atom stereocenters. The van der Waals surface area contributed by atoms with Gasteiger partial charge in [-0.05, 0) is 69.6 Å². The summed E-state index contributed by atoms with van der Waals surface area (Å²) in [6.45, 7) is 22.5. The van der Waals surface area contributed by atoms with Gasteiger partial charge in [-0.1, -0.05) is 107 Å². The third kappa shape index (κ3) is 21.0. The van der Waals surface area contributed by atoms with Crippen molar-refractivity contribution in [1.82, 2.24) is 0 Å². The van der Waals surface area contributed by atoms with Crippen LogP contribution in [0.3, 0.4) is 0 Å². The Morgan fingerprint density at radius 3 is 1.43 bits per heavy atom. The van der Waals surface area contributed by atoms with Crippen LogP contribution < -0.4 is 4.74 Å². The van der Waals surface area contributed by atoms with Crippen molar-refractivity contribution in [2.24, 2.45) is 0 Å². The molecule has 1 aromatic carbocycles. The van der Waals surface area contributed by atoms with Gasteiger partial charge in [0.25, 0.3) is 0 Å². The Balaban J connectivity index is 2.12. The van der Waals surface area contributed by atoms with Crippen LogP contribution in [0.15, 0.2) is 23.1 Å². The molecule has 2 aliphatic rings. The van der Waals surface area contributed by atoms with E-state index in [4.69, 9.17) is 52.1 Å². The number of ether oxygens (including phenoxy) is 11. The smallest absolute Gasteiger partial charge is 0.187 e. The van der Waals surface area contributed by atoms with Crippen molar-refractivity contribution in [2.45, 2.75) is 224 Å². The average Bonchev–Trinajstić information content (AvgIpc) is 3.31. The summed E-state index contributed by atoms with van der Waals surface area (Å²) in [5.41, 5.74) is 0.544. The third-order valence-corrected chi connectivity index (χ3v) is 12.9. The Morgan fingerprint density at radius 1 is 0.492 bits per heavy atom. The molecule has 3 rings (SSSR count). The van der Waals surface area contributed by atoms with E-state index in [0.29, 0.717) is 83.1 Å². The van der Waals surface area contributed by atoms with Gasteiger partial charge in [-0.25, -0.2) is 0 Å². The Labute approximate surface area is 399 Å². The van der Waals surface area contributed by atoms with Crippen molar-refractivity contribution in [2.75, 3.05) is 71.8 Å². The van der Waals surface area contributed by atoms with Gasteiger partial charge in [-0.15, -0.1) is 11.8 Å². The average molecular weight is 941 g/mol. The fourth-order valence-corrected chi connectivity index (χ4v) is 8.68. The maximum atomic E-state index is 11.9. The number of carbonyl (C=O) groups excluding carboxylic acids is 1. The molecule has 0 radical (unpaired) electrons. The van der Waals surface area contributed by atoms with E-state index in [1.165, 1.54) is 0 Å². The van der Waals surface area contributed by atoms with Gasteiger partial charge in [-0.2, -0.15) is 0 Å². The van der Waals surface area contributed by atoms with E-state index in [-0.39, 0.29) is 6.10 Å². The molecule has 10 atom stereocenters. The van der Waals surface area contributed by atoms with Crippen molar-refractivity contribution in [3.63, 3.8) is 0 Å². The molecule has 0 saturated carbocycles. The van der Waals surface area contributed by atoms with Gasteiger partial charge in [0.2, 0.25) is 0 Å². The zero-order chi connectivity index (χ0) is 46.9. The molecule has 0 bridgehead atoms. The lowest BCUT2D eigenvalue weighted by atomic mass is 9.93.